The van der Waals surface area contributed by atoms with Crippen LogP contribution in [0.5, 0.6) is 0 Å². The van der Waals surface area contributed by atoms with Crippen molar-refractivity contribution < 1.29 is 0 Å². The molecule has 1 aromatic carbocycles. The molecule has 3 heteroatoms. The third-order valence-electron chi connectivity index (χ3n) is 1.90. The molecule has 0 aliphatic carbocycles. The molecule has 1 N–H and O–H groups in total. The number of hydrogen-bond donors (Lipinski definition) is 1. The van der Waals surface area contributed by atoms with Crippen molar-refractivity contribution in [1.29, 1.82) is 0 Å². The first-order valence-corrected chi connectivity index (χ1v) is 4.46. The van der Waals surface area contributed by atoms with Gasteiger partial charge in [0, 0.05) is 18.2 Å². The smallest absolute Gasteiger partial charge is 0.154 e. The summed E-state index contributed by atoms with van der Waals surface area (Å²) in [6.07, 6.45) is 2.66. The molecule has 1 heterocycles. The molecule has 66 valence electrons. The summed E-state index contributed by atoms with van der Waals surface area (Å²) in [6, 6.07) is 10.2. The van der Waals surface area contributed by atoms with E-state index >= 15 is 0 Å². The van der Waals surface area contributed by atoms with Gasteiger partial charge in [-0.1, -0.05) is 41.9 Å². The second-order valence-electron chi connectivity index (χ2n) is 2.86. The van der Waals surface area contributed by atoms with Crippen LogP contribution in [0, 0.1) is 0 Å². The average molecular weight is 193 g/mol. The summed E-state index contributed by atoms with van der Waals surface area (Å²) in [7, 11) is 0. The van der Waals surface area contributed by atoms with Crippen LogP contribution in [0.3, 0.4) is 0 Å². The second kappa shape index (κ2) is 3.62. The normalized spacial score (nSPS) is 10.2. The Morgan fingerprint density at radius 3 is 2.62 bits per heavy atom. The zero-order valence-corrected chi connectivity index (χ0v) is 7.75. The second-order valence-corrected chi connectivity index (χ2v) is 3.22. The predicted molar refractivity (Wildman–Crippen MR) is 52.8 cm³/mol. The maximum absolute atomic E-state index is 5.85. The Labute approximate surface area is 81.6 Å². The van der Waals surface area contributed by atoms with E-state index in [0.717, 1.165) is 12.0 Å². The molecule has 1 aromatic heterocycles. The third kappa shape index (κ3) is 1.90. The molecule has 0 aliphatic rings. The highest BCUT2D eigenvalue weighted by molar-refractivity contribution is 6.30. The van der Waals surface area contributed by atoms with Gasteiger partial charge in [0.05, 0.1) is 0 Å². The summed E-state index contributed by atoms with van der Waals surface area (Å²) < 4.78 is 0. The molecular formula is C10H9ClN2. The lowest BCUT2D eigenvalue weighted by Crippen LogP contribution is -1.85. The summed E-state index contributed by atoms with van der Waals surface area (Å²) >= 11 is 5.85. The van der Waals surface area contributed by atoms with Gasteiger partial charge in [0.1, 0.15) is 0 Å². The number of aromatic amines is 1. The van der Waals surface area contributed by atoms with Gasteiger partial charge in [-0.3, -0.25) is 5.10 Å². The van der Waals surface area contributed by atoms with E-state index in [0.29, 0.717) is 5.15 Å². The SMILES string of the molecule is Clc1n[nH]cc1Cc1ccccc1. The number of nitrogens with zero attached hydrogens (tertiary/aromatic N) is 1. The highest BCUT2D eigenvalue weighted by atomic mass is 35.5. The predicted octanol–water partition coefficient (Wildman–Crippen LogP) is 2.65. The first-order valence-electron chi connectivity index (χ1n) is 4.08. The summed E-state index contributed by atoms with van der Waals surface area (Å²) in [5.41, 5.74) is 2.28. The Balaban J connectivity index is 2.20. The lowest BCUT2D eigenvalue weighted by Gasteiger charge is -1.97. The number of nitrogens with one attached hydrogen (secondary N) is 1. The number of H-pyrrole nitrogens is 1. The van der Waals surface area contributed by atoms with Crippen molar-refractivity contribution in [3.05, 3.63) is 52.8 Å². The van der Waals surface area contributed by atoms with Crippen LogP contribution in [0.1, 0.15) is 11.1 Å². The molecule has 2 aromatic rings. The van der Waals surface area contributed by atoms with Crippen molar-refractivity contribution in [2.24, 2.45) is 0 Å². The lowest BCUT2D eigenvalue weighted by molar-refractivity contribution is 1.09. The topological polar surface area (TPSA) is 28.7 Å². The molecule has 0 unspecified atom stereocenters. The zero-order chi connectivity index (χ0) is 9.10. The van der Waals surface area contributed by atoms with Gasteiger partial charge >= 0.3 is 0 Å². The van der Waals surface area contributed by atoms with Gasteiger partial charge < -0.3 is 0 Å². The fourth-order valence-electron chi connectivity index (χ4n) is 1.24. The van der Waals surface area contributed by atoms with Crippen molar-refractivity contribution in [2.75, 3.05) is 0 Å². The molecule has 2 rings (SSSR count). The van der Waals surface area contributed by atoms with Crippen LogP contribution in [0.15, 0.2) is 36.5 Å². The van der Waals surface area contributed by atoms with Crippen LogP contribution in [0.4, 0.5) is 0 Å². The largest absolute Gasteiger partial charge is 0.284 e. The minimum atomic E-state index is 0.559. The van der Waals surface area contributed by atoms with E-state index in [1.807, 2.05) is 24.4 Å². The maximum Gasteiger partial charge on any atom is 0.154 e. The van der Waals surface area contributed by atoms with E-state index in [2.05, 4.69) is 22.3 Å². The van der Waals surface area contributed by atoms with Crippen LogP contribution >= 0.6 is 11.6 Å². The Morgan fingerprint density at radius 2 is 2.00 bits per heavy atom. The summed E-state index contributed by atoms with van der Waals surface area (Å²) in [5.74, 6) is 0. The van der Waals surface area contributed by atoms with Gasteiger partial charge in [-0.25, -0.2) is 0 Å². The number of rotatable bonds is 2. The number of halogens is 1. The zero-order valence-electron chi connectivity index (χ0n) is 7.00. The minimum Gasteiger partial charge on any atom is -0.284 e. The van der Waals surface area contributed by atoms with Crippen LogP contribution in [0.25, 0.3) is 0 Å². The van der Waals surface area contributed by atoms with E-state index in [1.165, 1.54) is 5.56 Å². The molecule has 13 heavy (non-hydrogen) atoms. The maximum atomic E-state index is 5.85. The van der Waals surface area contributed by atoms with Gasteiger partial charge in [0.15, 0.2) is 5.15 Å². The van der Waals surface area contributed by atoms with E-state index in [-0.39, 0.29) is 0 Å². The molecule has 0 fully saturated rings. The van der Waals surface area contributed by atoms with E-state index in [1.54, 1.807) is 0 Å². The molecule has 0 radical (unpaired) electrons. The Kier molecular flexibility index (Phi) is 2.32. The summed E-state index contributed by atoms with van der Waals surface area (Å²) in [6.45, 7) is 0. The highest BCUT2D eigenvalue weighted by Gasteiger charge is 2.02. The van der Waals surface area contributed by atoms with E-state index < -0.39 is 0 Å². The number of aromatic nitrogens is 2. The first kappa shape index (κ1) is 8.32. The van der Waals surface area contributed by atoms with Crippen molar-refractivity contribution in [3.8, 4) is 0 Å². The van der Waals surface area contributed by atoms with Crippen LogP contribution < -0.4 is 0 Å². The van der Waals surface area contributed by atoms with Gasteiger partial charge in [-0.05, 0) is 5.56 Å². The van der Waals surface area contributed by atoms with Crippen LogP contribution in [-0.2, 0) is 6.42 Å². The van der Waals surface area contributed by atoms with E-state index in [9.17, 15) is 0 Å². The molecular weight excluding hydrogens is 184 g/mol. The van der Waals surface area contributed by atoms with Gasteiger partial charge in [0.25, 0.3) is 0 Å². The average Bonchev–Trinajstić information content (AvgIpc) is 2.54. The number of benzene rings is 1. The van der Waals surface area contributed by atoms with Crippen LogP contribution in [0.2, 0.25) is 5.15 Å². The highest BCUT2D eigenvalue weighted by Crippen LogP contribution is 2.15. The standard InChI is InChI=1S/C10H9ClN2/c11-10-9(7-12-13-10)6-8-4-2-1-3-5-8/h1-5,7H,6H2,(H,12,13). The fraction of sp³-hybridized carbons (Fsp3) is 0.100. The fourth-order valence-corrected chi connectivity index (χ4v) is 1.41. The molecule has 0 bridgehead atoms. The molecule has 0 amide bonds. The van der Waals surface area contributed by atoms with Gasteiger partial charge in [-0.15, -0.1) is 0 Å². The first-order chi connectivity index (χ1) is 6.36. The molecule has 0 saturated heterocycles. The Hall–Kier alpha value is -1.28. The van der Waals surface area contributed by atoms with Gasteiger partial charge in [0.2, 0.25) is 0 Å². The minimum absolute atomic E-state index is 0.559. The van der Waals surface area contributed by atoms with Crippen molar-refractivity contribution in [1.82, 2.24) is 10.2 Å². The monoisotopic (exact) mass is 192 g/mol. The van der Waals surface area contributed by atoms with Gasteiger partial charge in [-0.2, -0.15) is 5.10 Å². The molecule has 0 saturated carbocycles. The van der Waals surface area contributed by atoms with Crippen LogP contribution in [-0.4, -0.2) is 10.2 Å². The summed E-state index contributed by atoms with van der Waals surface area (Å²) in [5, 5.41) is 7.15. The van der Waals surface area contributed by atoms with Crippen molar-refractivity contribution in [2.45, 2.75) is 6.42 Å². The summed E-state index contributed by atoms with van der Waals surface area (Å²) in [4.78, 5) is 0. The molecule has 0 spiro atoms. The third-order valence-corrected chi connectivity index (χ3v) is 2.23. The van der Waals surface area contributed by atoms with Crippen molar-refractivity contribution >= 4 is 11.6 Å². The lowest BCUT2D eigenvalue weighted by atomic mass is 10.1. The molecule has 2 nitrogen and oxygen atoms in total. The molecule has 0 atom stereocenters. The Bertz CT molecular complexity index is 381. The Morgan fingerprint density at radius 1 is 1.23 bits per heavy atom. The quantitative estimate of drug-likeness (QED) is 0.779. The van der Waals surface area contributed by atoms with Crippen molar-refractivity contribution in [3.63, 3.8) is 0 Å². The van der Waals surface area contributed by atoms with E-state index in [4.69, 9.17) is 11.6 Å². The molecule has 0 aliphatic heterocycles. The number of hydrogen-bond acceptors (Lipinski definition) is 1.